The second kappa shape index (κ2) is 8.35. The first kappa shape index (κ1) is 20.0. The molecule has 0 aliphatic carbocycles. The standard InChI is InChI=1S/C15H28O9/c1-4-7-8(5-16)23-15(11(19)9(7)17)24-13-6(2)22-14(21-3)12(20)10(13)18/h6-20H,4-5H2,1-3H3/t6?,7?,8?,9-,10+,11?,12?,13?,14-,15+/m0/s1. The van der Waals surface area contributed by atoms with Gasteiger partial charge in [0.1, 0.15) is 24.4 Å². The Labute approximate surface area is 140 Å². The van der Waals surface area contributed by atoms with Gasteiger partial charge >= 0.3 is 0 Å². The minimum absolute atomic E-state index is 0.338. The molecule has 2 fully saturated rings. The Balaban J connectivity index is 2.09. The van der Waals surface area contributed by atoms with E-state index in [1.807, 2.05) is 6.92 Å². The minimum atomic E-state index is -1.35. The van der Waals surface area contributed by atoms with Gasteiger partial charge in [-0.1, -0.05) is 6.92 Å². The first-order valence-corrected chi connectivity index (χ1v) is 8.17. The predicted molar refractivity (Wildman–Crippen MR) is 79.8 cm³/mol. The molecule has 9 heteroatoms. The van der Waals surface area contributed by atoms with Crippen molar-refractivity contribution >= 4 is 0 Å². The van der Waals surface area contributed by atoms with Crippen LogP contribution in [0.4, 0.5) is 0 Å². The summed E-state index contributed by atoms with van der Waals surface area (Å²) >= 11 is 0. The maximum Gasteiger partial charge on any atom is 0.187 e. The molecule has 2 rings (SSSR count). The molecular weight excluding hydrogens is 324 g/mol. The van der Waals surface area contributed by atoms with E-state index in [9.17, 15) is 25.5 Å². The van der Waals surface area contributed by atoms with E-state index in [0.29, 0.717) is 6.42 Å². The number of aliphatic hydroxyl groups is 5. The molecule has 2 aliphatic heterocycles. The number of ether oxygens (including phenoxy) is 4. The lowest BCUT2D eigenvalue weighted by Gasteiger charge is -2.46. The Kier molecular flexibility index (Phi) is 6.94. The van der Waals surface area contributed by atoms with Crippen LogP contribution in [0, 0.1) is 5.92 Å². The van der Waals surface area contributed by atoms with Crippen LogP contribution < -0.4 is 0 Å². The third-order valence-corrected chi connectivity index (χ3v) is 4.81. The number of rotatable bonds is 5. The third-order valence-electron chi connectivity index (χ3n) is 4.81. The number of hydrogen-bond acceptors (Lipinski definition) is 9. The summed E-state index contributed by atoms with van der Waals surface area (Å²) in [5.41, 5.74) is 0. The van der Waals surface area contributed by atoms with Crippen molar-refractivity contribution in [3.8, 4) is 0 Å². The highest BCUT2D eigenvalue weighted by atomic mass is 16.7. The van der Waals surface area contributed by atoms with Crippen molar-refractivity contribution < 1.29 is 44.5 Å². The van der Waals surface area contributed by atoms with Crippen molar-refractivity contribution in [2.75, 3.05) is 13.7 Å². The lowest BCUT2D eigenvalue weighted by Crippen LogP contribution is -2.62. The van der Waals surface area contributed by atoms with Crippen LogP contribution in [0.25, 0.3) is 0 Å². The van der Waals surface area contributed by atoms with Crippen molar-refractivity contribution in [3.05, 3.63) is 0 Å². The van der Waals surface area contributed by atoms with E-state index in [-0.39, 0.29) is 6.61 Å². The highest BCUT2D eigenvalue weighted by molar-refractivity contribution is 4.92. The van der Waals surface area contributed by atoms with E-state index in [1.165, 1.54) is 7.11 Å². The van der Waals surface area contributed by atoms with Gasteiger partial charge in [0.05, 0.1) is 24.9 Å². The first-order valence-electron chi connectivity index (χ1n) is 8.17. The molecule has 24 heavy (non-hydrogen) atoms. The van der Waals surface area contributed by atoms with E-state index in [0.717, 1.165) is 0 Å². The zero-order valence-electron chi connectivity index (χ0n) is 14.1. The van der Waals surface area contributed by atoms with Crippen LogP contribution in [0.15, 0.2) is 0 Å². The minimum Gasteiger partial charge on any atom is -0.394 e. The van der Waals surface area contributed by atoms with Gasteiger partial charge in [-0.05, 0) is 13.3 Å². The first-order chi connectivity index (χ1) is 11.3. The zero-order chi connectivity index (χ0) is 18.0. The van der Waals surface area contributed by atoms with E-state index < -0.39 is 61.2 Å². The fraction of sp³-hybridized carbons (Fsp3) is 1.00. The van der Waals surface area contributed by atoms with Gasteiger partial charge in [-0.2, -0.15) is 0 Å². The molecule has 0 radical (unpaired) electrons. The molecule has 0 aromatic rings. The van der Waals surface area contributed by atoms with Gasteiger partial charge in [0, 0.05) is 13.0 Å². The second-order valence-electron chi connectivity index (χ2n) is 6.31. The van der Waals surface area contributed by atoms with Gasteiger partial charge in [0.2, 0.25) is 0 Å². The Morgan fingerprint density at radius 3 is 2.08 bits per heavy atom. The maximum atomic E-state index is 10.2. The molecule has 2 heterocycles. The Morgan fingerprint density at radius 1 is 0.917 bits per heavy atom. The van der Waals surface area contributed by atoms with Crippen LogP contribution in [-0.2, 0) is 18.9 Å². The van der Waals surface area contributed by atoms with Crippen LogP contribution in [-0.4, -0.2) is 94.6 Å². The summed E-state index contributed by atoms with van der Waals surface area (Å²) < 4.78 is 21.5. The van der Waals surface area contributed by atoms with Gasteiger partial charge in [-0.3, -0.25) is 0 Å². The molecule has 5 N–H and O–H groups in total. The fourth-order valence-corrected chi connectivity index (χ4v) is 3.33. The third kappa shape index (κ3) is 3.74. The highest BCUT2D eigenvalue weighted by Crippen LogP contribution is 2.32. The quantitative estimate of drug-likeness (QED) is 0.378. The Morgan fingerprint density at radius 2 is 1.54 bits per heavy atom. The van der Waals surface area contributed by atoms with Crippen LogP contribution in [0.2, 0.25) is 0 Å². The largest absolute Gasteiger partial charge is 0.394 e. The molecule has 0 amide bonds. The number of aliphatic hydroxyl groups excluding tert-OH is 5. The summed E-state index contributed by atoms with van der Waals surface area (Å²) in [7, 11) is 1.34. The molecule has 0 saturated carbocycles. The molecule has 0 aromatic heterocycles. The topological polar surface area (TPSA) is 138 Å². The molecule has 9 nitrogen and oxygen atoms in total. The van der Waals surface area contributed by atoms with Crippen molar-refractivity contribution in [2.24, 2.45) is 5.92 Å². The van der Waals surface area contributed by atoms with Gasteiger partial charge in [-0.15, -0.1) is 0 Å². The molecule has 0 bridgehead atoms. The van der Waals surface area contributed by atoms with Crippen molar-refractivity contribution in [1.29, 1.82) is 0 Å². The van der Waals surface area contributed by atoms with Gasteiger partial charge in [-0.25, -0.2) is 0 Å². The van der Waals surface area contributed by atoms with Gasteiger partial charge in [0.15, 0.2) is 12.6 Å². The summed E-state index contributed by atoms with van der Waals surface area (Å²) in [5, 5.41) is 50.1. The zero-order valence-corrected chi connectivity index (χ0v) is 14.1. The molecule has 6 unspecified atom stereocenters. The fourth-order valence-electron chi connectivity index (χ4n) is 3.33. The predicted octanol–water partition coefficient (Wildman–Crippen LogP) is -2.05. The number of hydrogen-bond donors (Lipinski definition) is 5. The van der Waals surface area contributed by atoms with Gasteiger partial charge in [0.25, 0.3) is 0 Å². The van der Waals surface area contributed by atoms with Crippen LogP contribution in [0.5, 0.6) is 0 Å². The van der Waals surface area contributed by atoms with E-state index in [1.54, 1.807) is 6.92 Å². The summed E-state index contributed by atoms with van der Waals surface area (Å²) in [5.74, 6) is -0.432. The van der Waals surface area contributed by atoms with Crippen LogP contribution in [0.3, 0.4) is 0 Å². The lowest BCUT2D eigenvalue weighted by molar-refractivity contribution is -0.349. The molecule has 0 spiro atoms. The summed E-state index contributed by atoms with van der Waals surface area (Å²) in [6.45, 7) is 3.10. The molecule has 2 saturated heterocycles. The van der Waals surface area contributed by atoms with Crippen molar-refractivity contribution in [1.82, 2.24) is 0 Å². The van der Waals surface area contributed by atoms with Gasteiger partial charge < -0.3 is 44.5 Å². The van der Waals surface area contributed by atoms with Crippen molar-refractivity contribution in [2.45, 2.75) is 75.6 Å². The second-order valence-corrected chi connectivity index (χ2v) is 6.31. The lowest BCUT2D eigenvalue weighted by atomic mass is 9.87. The Hall–Kier alpha value is -0.360. The molecule has 0 aromatic carbocycles. The van der Waals surface area contributed by atoms with Crippen LogP contribution >= 0.6 is 0 Å². The molecule has 142 valence electrons. The normalized spacial score (nSPS) is 50.0. The number of methoxy groups -OCH3 is 1. The van der Waals surface area contributed by atoms with E-state index >= 15 is 0 Å². The monoisotopic (exact) mass is 352 g/mol. The maximum absolute atomic E-state index is 10.2. The molecule has 10 atom stereocenters. The Bertz CT molecular complexity index is 393. The van der Waals surface area contributed by atoms with Crippen molar-refractivity contribution in [3.63, 3.8) is 0 Å². The average molecular weight is 352 g/mol. The molecule has 2 aliphatic rings. The van der Waals surface area contributed by atoms with E-state index in [2.05, 4.69) is 0 Å². The smallest absolute Gasteiger partial charge is 0.187 e. The summed E-state index contributed by atoms with van der Waals surface area (Å²) in [6, 6.07) is 0. The van der Waals surface area contributed by atoms with E-state index in [4.69, 9.17) is 18.9 Å². The SMILES string of the molecule is CCC1C(CO)O[C@H](OC2C(C)O[C@H](OC)C(O)[C@H]2O)C(O)[C@H]1O. The highest BCUT2D eigenvalue weighted by Gasteiger charge is 2.49. The average Bonchev–Trinajstić information content (AvgIpc) is 2.58. The molecular formula is C15H28O9. The van der Waals surface area contributed by atoms with Crippen LogP contribution in [0.1, 0.15) is 20.3 Å². The summed E-state index contributed by atoms with van der Waals surface area (Å²) in [6.07, 6.45) is -9.27. The summed E-state index contributed by atoms with van der Waals surface area (Å²) in [4.78, 5) is 0.